The largest absolute Gasteiger partial charge is 0.481 e. The molecule has 4 aliphatic rings. The number of carboxylic acids is 1. The standard InChI is InChI=1S/C25H36O6/c1-14(26)18-6-7-19-17-5-4-15-12-16(31-22(30)9-8-21(28)29)10-11-24(15,2)23(17)20(27)13-25(18,19)3/h15-19,23H,4-13H2,1-3H3,(H,28,29)/t15-,16-,17-,18+,19-,23+,24-,25+/m0/s1. The zero-order valence-corrected chi connectivity index (χ0v) is 19.0. The van der Waals surface area contributed by atoms with E-state index in [2.05, 4.69) is 13.8 Å². The number of hydrogen-bond donors (Lipinski definition) is 1. The monoisotopic (exact) mass is 432 g/mol. The van der Waals surface area contributed by atoms with Crippen molar-refractivity contribution >= 4 is 23.5 Å². The van der Waals surface area contributed by atoms with Crippen LogP contribution in [0.25, 0.3) is 0 Å². The maximum Gasteiger partial charge on any atom is 0.306 e. The van der Waals surface area contributed by atoms with Gasteiger partial charge >= 0.3 is 11.9 Å². The summed E-state index contributed by atoms with van der Waals surface area (Å²) < 4.78 is 5.60. The maximum atomic E-state index is 13.6. The Hall–Kier alpha value is -1.72. The molecule has 6 heteroatoms. The molecule has 0 radical (unpaired) electrons. The summed E-state index contributed by atoms with van der Waals surface area (Å²) in [7, 11) is 0. The van der Waals surface area contributed by atoms with Gasteiger partial charge in [-0.3, -0.25) is 19.2 Å². The molecule has 0 heterocycles. The van der Waals surface area contributed by atoms with Crippen molar-refractivity contribution in [2.45, 2.75) is 91.1 Å². The van der Waals surface area contributed by atoms with E-state index in [1.165, 1.54) is 0 Å². The molecule has 0 spiro atoms. The number of carbonyl (C=O) groups excluding carboxylic acids is 3. The van der Waals surface area contributed by atoms with Gasteiger partial charge in [0.05, 0.1) is 12.8 Å². The number of fused-ring (bicyclic) bond motifs is 5. The van der Waals surface area contributed by atoms with E-state index in [4.69, 9.17) is 9.84 Å². The first-order valence-corrected chi connectivity index (χ1v) is 12.0. The molecule has 0 aromatic carbocycles. The smallest absolute Gasteiger partial charge is 0.306 e. The van der Waals surface area contributed by atoms with Crippen LogP contribution in [0, 0.1) is 40.4 Å². The first kappa shape index (κ1) is 22.5. The number of ether oxygens (including phenoxy) is 1. The lowest BCUT2D eigenvalue weighted by molar-refractivity contribution is -0.170. The van der Waals surface area contributed by atoms with Crippen molar-refractivity contribution in [3.05, 3.63) is 0 Å². The molecule has 4 fully saturated rings. The van der Waals surface area contributed by atoms with Crippen LogP contribution in [0.3, 0.4) is 0 Å². The van der Waals surface area contributed by atoms with Crippen LogP contribution in [0.5, 0.6) is 0 Å². The molecule has 4 rings (SSSR count). The van der Waals surface area contributed by atoms with Crippen LogP contribution in [-0.2, 0) is 23.9 Å². The van der Waals surface area contributed by atoms with Gasteiger partial charge in [0.1, 0.15) is 17.7 Å². The molecule has 0 aromatic heterocycles. The summed E-state index contributed by atoms with van der Waals surface area (Å²) in [5.74, 6) is 0.400. The number of Topliss-reactive ketones (excluding diaryl/α,β-unsaturated/α-hetero) is 2. The number of esters is 1. The van der Waals surface area contributed by atoms with Crippen molar-refractivity contribution in [3.8, 4) is 0 Å². The minimum absolute atomic E-state index is 0.0221. The highest BCUT2D eigenvalue weighted by molar-refractivity contribution is 5.87. The molecule has 4 saturated carbocycles. The topological polar surface area (TPSA) is 97.7 Å². The van der Waals surface area contributed by atoms with E-state index in [-0.39, 0.29) is 47.4 Å². The summed E-state index contributed by atoms with van der Waals surface area (Å²) in [6.45, 7) is 6.15. The van der Waals surface area contributed by atoms with Crippen LogP contribution >= 0.6 is 0 Å². The summed E-state index contributed by atoms with van der Waals surface area (Å²) in [6.07, 6.45) is 6.45. The molecule has 0 unspecified atom stereocenters. The summed E-state index contributed by atoms with van der Waals surface area (Å²) in [4.78, 5) is 48.6. The zero-order valence-electron chi connectivity index (χ0n) is 19.0. The Morgan fingerprint density at radius 1 is 1.03 bits per heavy atom. The summed E-state index contributed by atoms with van der Waals surface area (Å²) >= 11 is 0. The van der Waals surface area contributed by atoms with Crippen molar-refractivity contribution in [2.24, 2.45) is 40.4 Å². The molecule has 0 saturated heterocycles. The minimum Gasteiger partial charge on any atom is -0.481 e. The van der Waals surface area contributed by atoms with Crippen molar-refractivity contribution in [2.75, 3.05) is 0 Å². The Morgan fingerprint density at radius 3 is 2.45 bits per heavy atom. The SMILES string of the molecule is CC(=O)[C@H]1CC[C@H]2[C@@H]3CC[C@H]4C[C@@H](OC(=O)CCC(=O)O)CC[C@]4(C)[C@H]3C(=O)C[C@]12C. The van der Waals surface area contributed by atoms with Crippen LogP contribution in [-0.4, -0.2) is 34.7 Å². The molecule has 0 aromatic rings. The Balaban J connectivity index is 1.47. The summed E-state index contributed by atoms with van der Waals surface area (Å²) in [5.41, 5.74) is -0.246. The van der Waals surface area contributed by atoms with E-state index >= 15 is 0 Å². The van der Waals surface area contributed by atoms with E-state index in [9.17, 15) is 19.2 Å². The van der Waals surface area contributed by atoms with Crippen LogP contribution in [0.4, 0.5) is 0 Å². The van der Waals surface area contributed by atoms with Crippen LogP contribution in [0.15, 0.2) is 0 Å². The highest BCUT2D eigenvalue weighted by atomic mass is 16.5. The maximum absolute atomic E-state index is 13.6. The molecule has 172 valence electrons. The Labute approximate surface area is 184 Å². The summed E-state index contributed by atoms with van der Waals surface area (Å²) in [6, 6.07) is 0. The molecule has 0 amide bonds. The zero-order chi connectivity index (χ0) is 22.6. The fraction of sp³-hybridized carbons (Fsp3) is 0.840. The lowest BCUT2D eigenvalue weighted by Crippen LogP contribution is -2.58. The molecule has 1 N–H and O–H groups in total. The lowest BCUT2D eigenvalue weighted by Gasteiger charge is -2.59. The second kappa shape index (κ2) is 8.00. The summed E-state index contributed by atoms with van der Waals surface area (Å²) in [5, 5.41) is 8.76. The van der Waals surface area contributed by atoms with E-state index < -0.39 is 11.9 Å². The van der Waals surface area contributed by atoms with Gasteiger partial charge in [0.25, 0.3) is 0 Å². The van der Waals surface area contributed by atoms with Gasteiger partial charge in [0.15, 0.2) is 0 Å². The predicted octanol–water partition coefficient (Wildman–Crippen LogP) is 4.19. The van der Waals surface area contributed by atoms with Gasteiger partial charge in [-0.15, -0.1) is 0 Å². The highest BCUT2D eigenvalue weighted by Gasteiger charge is 2.63. The number of aliphatic carboxylic acids is 1. The number of rotatable bonds is 5. The Kier molecular flexibility index (Phi) is 5.80. The Morgan fingerprint density at radius 2 is 1.77 bits per heavy atom. The molecule has 31 heavy (non-hydrogen) atoms. The van der Waals surface area contributed by atoms with Crippen molar-refractivity contribution in [1.29, 1.82) is 0 Å². The van der Waals surface area contributed by atoms with Gasteiger partial charge in [-0.05, 0) is 80.5 Å². The van der Waals surface area contributed by atoms with E-state index in [0.29, 0.717) is 30.0 Å². The fourth-order valence-electron chi connectivity index (χ4n) is 8.26. The molecular weight excluding hydrogens is 396 g/mol. The second-order valence-electron chi connectivity index (χ2n) is 11.2. The second-order valence-corrected chi connectivity index (χ2v) is 11.2. The third kappa shape index (κ3) is 3.74. The molecule has 4 aliphatic carbocycles. The van der Waals surface area contributed by atoms with Gasteiger partial charge in [-0.2, -0.15) is 0 Å². The number of carbonyl (C=O) groups is 4. The molecule has 8 atom stereocenters. The number of carboxylic acid groups (broad SMARTS) is 1. The van der Waals surface area contributed by atoms with Crippen molar-refractivity contribution in [1.82, 2.24) is 0 Å². The third-order valence-electron chi connectivity index (χ3n) is 9.63. The van der Waals surface area contributed by atoms with Crippen LogP contribution in [0.2, 0.25) is 0 Å². The normalized spacial score (nSPS) is 44.0. The average molecular weight is 433 g/mol. The molecule has 0 bridgehead atoms. The van der Waals surface area contributed by atoms with Crippen LogP contribution < -0.4 is 0 Å². The van der Waals surface area contributed by atoms with Gasteiger partial charge in [-0.1, -0.05) is 13.8 Å². The predicted molar refractivity (Wildman–Crippen MR) is 113 cm³/mol. The highest BCUT2D eigenvalue weighted by Crippen LogP contribution is 2.66. The minimum atomic E-state index is -0.992. The molecular formula is C25H36O6. The van der Waals surface area contributed by atoms with Crippen molar-refractivity contribution < 1.29 is 29.0 Å². The average Bonchev–Trinajstić information content (AvgIpc) is 3.03. The molecule has 0 aliphatic heterocycles. The fourth-order valence-corrected chi connectivity index (χ4v) is 8.26. The quantitative estimate of drug-likeness (QED) is 0.654. The third-order valence-corrected chi connectivity index (χ3v) is 9.63. The van der Waals surface area contributed by atoms with E-state index in [0.717, 1.165) is 44.9 Å². The Bertz CT molecular complexity index is 789. The van der Waals surface area contributed by atoms with E-state index in [1.807, 2.05) is 0 Å². The van der Waals surface area contributed by atoms with Crippen molar-refractivity contribution in [3.63, 3.8) is 0 Å². The van der Waals surface area contributed by atoms with Crippen LogP contribution in [0.1, 0.15) is 85.0 Å². The van der Waals surface area contributed by atoms with Gasteiger partial charge < -0.3 is 9.84 Å². The van der Waals surface area contributed by atoms with Gasteiger partial charge in [-0.25, -0.2) is 0 Å². The van der Waals surface area contributed by atoms with E-state index in [1.54, 1.807) is 6.92 Å². The molecule has 6 nitrogen and oxygen atoms in total. The van der Waals surface area contributed by atoms with Gasteiger partial charge in [0.2, 0.25) is 0 Å². The lowest BCUT2D eigenvalue weighted by atomic mass is 9.44. The first-order chi connectivity index (χ1) is 14.6. The number of ketones is 2. The number of hydrogen-bond acceptors (Lipinski definition) is 5. The van der Waals surface area contributed by atoms with Gasteiger partial charge in [0, 0.05) is 18.3 Å². The first-order valence-electron chi connectivity index (χ1n) is 12.0.